The van der Waals surface area contributed by atoms with Gasteiger partial charge in [0.2, 0.25) is 0 Å². The van der Waals surface area contributed by atoms with E-state index in [-0.39, 0.29) is 0 Å². The molecule has 2 aromatic heterocycles. The van der Waals surface area contributed by atoms with Gasteiger partial charge in [-0.1, -0.05) is 13.8 Å². The molecule has 2 heterocycles. The number of nitrogens with zero attached hydrogens (tertiary/aromatic N) is 3. The number of hydrogen-bond donors (Lipinski definition) is 1. The Kier molecular flexibility index (Phi) is 4.77. The fourth-order valence-electron chi connectivity index (χ4n) is 1.51. The fraction of sp³-hybridized carbons (Fsp3) is 0.500. The summed E-state index contributed by atoms with van der Waals surface area (Å²) in [6, 6.07) is 0. The summed E-state index contributed by atoms with van der Waals surface area (Å²) in [5.74, 6) is 0.721. The van der Waals surface area contributed by atoms with E-state index in [4.69, 9.17) is 0 Å². The van der Waals surface area contributed by atoms with E-state index in [0.29, 0.717) is 0 Å². The summed E-state index contributed by atoms with van der Waals surface area (Å²) in [5, 5.41) is 8.59. The number of aromatic nitrogens is 3. The maximum Gasteiger partial charge on any atom is 0.182 e. The van der Waals surface area contributed by atoms with Gasteiger partial charge in [-0.15, -0.1) is 11.3 Å². The Morgan fingerprint density at radius 3 is 2.94 bits per heavy atom. The highest BCUT2D eigenvalue weighted by atomic mass is 79.9. The molecular weight excluding hydrogens is 312 g/mol. The van der Waals surface area contributed by atoms with Gasteiger partial charge in [0.15, 0.2) is 5.13 Å². The van der Waals surface area contributed by atoms with Crippen LogP contribution in [0.15, 0.2) is 23.1 Å². The van der Waals surface area contributed by atoms with Gasteiger partial charge in [-0.3, -0.25) is 4.68 Å². The van der Waals surface area contributed by atoms with Crippen LogP contribution in [-0.2, 0) is 6.54 Å². The van der Waals surface area contributed by atoms with Crippen molar-refractivity contribution in [3.63, 3.8) is 0 Å². The molecule has 0 radical (unpaired) electrons. The van der Waals surface area contributed by atoms with Gasteiger partial charge in [-0.2, -0.15) is 5.10 Å². The SMILES string of the molecule is CC(C)CCNc1ncc(Cn2cc(Br)cn2)s1. The lowest BCUT2D eigenvalue weighted by Crippen LogP contribution is -2.03. The molecule has 2 aromatic rings. The van der Waals surface area contributed by atoms with Crippen LogP contribution in [0.5, 0.6) is 0 Å². The fourth-order valence-corrected chi connectivity index (χ4v) is 2.67. The molecule has 0 fully saturated rings. The third kappa shape index (κ3) is 4.10. The van der Waals surface area contributed by atoms with E-state index in [0.717, 1.165) is 28.6 Å². The molecule has 2 rings (SSSR count). The molecule has 0 aromatic carbocycles. The van der Waals surface area contributed by atoms with Crippen LogP contribution in [0.3, 0.4) is 0 Å². The molecule has 0 spiro atoms. The minimum absolute atomic E-state index is 0.721. The second kappa shape index (κ2) is 6.33. The minimum Gasteiger partial charge on any atom is -0.362 e. The summed E-state index contributed by atoms with van der Waals surface area (Å²) in [5.41, 5.74) is 0. The first-order valence-electron chi connectivity index (χ1n) is 6.00. The molecular formula is C12H17BrN4S. The quantitative estimate of drug-likeness (QED) is 0.880. The molecule has 98 valence electrons. The lowest BCUT2D eigenvalue weighted by Gasteiger charge is -2.04. The highest BCUT2D eigenvalue weighted by Gasteiger charge is 2.04. The van der Waals surface area contributed by atoms with Crippen LogP contribution < -0.4 is 5.32 Å². The number of hydrogen-bond acceptors (Lipinski definition) is 4. The zero-order valence-electron chi connectivity index (χ0n) is 10.6. The Labute approximate surface area is 120 Å². The smallest absolute Gasteiger partial charge is 0.182 e. The Bertz CT molecular complexity index is 492. The summed E-state index contributed by atoms with van der Waals surface area (Å²) in [6.07, 6.45) is 6.84. The zero-order valence-corrected chi connectivity index (χ0v) is 13.0. The van der Waals surface area contributed by atoms with Crippen molar-refractivity contribution < 1.29 is 0 Å². The summed E-state index contributed by atoms with van der Waals surface area (Å²) < 4.78 is 2.90. The van der Waals surface area contributed by atoms with E-state index in [2.05, 4.69) is 45.2 Å². The van der Waals surface area contributed by atoms with E-state index in [1.54, 1.807) is 17.5 Å². The van der Waals surface area contributed by atoms with Crippen molar-refractivity contribution in [1.29, 1.82) is 0 Å². The van der Waals surface area contributed by atoms with Crippen molar-refractivity contribution >= 4 is 32.4 Å². The van der Waals surface area contributed by atoms with Gasteiger partial charge in [-0.05, 0) is 28.3 Å². The third-order valence-corrected chi connectivity index (χ3v) is 3.82. The Balaban J connectivity index is 1.86. The largest absolute Gasteiger partial charge is 0.362 e. The second-order valence-corrected chi connectivity index (χ2v) is 6.63. The van der Waals surface area contributed by atoms with Crippen LogP contribution in [0.1, 0.15) is 25.1 Å². The Morgan fingerprint density at radius 1 is 1.44 bits per heavy atom. The van der Waals surface area contributed by atoms with Crippen LogP contribution in [0, 0.1) is 5.92 Å². The first-order chi connectivity index (χ1) is 8.63. The van der Waals surface area contributed by atoms with Crippen LogP contribution in [0.2, 0.25) is 0 Å². The van der Waals surface area contributed by atoms with Crippen LogP contribution >= 0.6 is 27.3 Å². The monoisotopic (exact) mass is 328 g/mol. The standard InChI is InChI=1S/C12H17BrN4S/c1-9(2)3-4-14-12-15-6-11(18-12)8-17-7-10(13)5-16-17/h5-7,9H,3-4,8H2,1-2H3,(H,14,15). The zero-order chi connectivity index (χ0) is 13.0. The predicted molar refractivity (Wildman–Crippen MR) is 79.1 cm³/mol. The highest BCUT2D eigenvalue weighted by Crippen LogP contribution is 2.19. The highest BCUT2D eigenvalue weighted by molar-refractivity contribution is 9.10. The first kappa shape index (κ1) is 13.5. The normalized spacial score (nSPS) is 11.1. The molecule has 0 saturated carbocycles. The molecule has 0 unspecified atom stereocenters. The number of anilines is 1. The van der Waals surface area contributed by atoms with Gasteiger partial charge in [0.1, 0.15) is 0 Å². The topological polar surface area (TPSA) is 42.7 Å². The van der Waals surface area contributed by atoms with Gasteiger partial charge in [0, 0.05) is 23.8 Å². The first-order valence-corrected chi connectivity index (χ1v) is 7.61. The molecule has 0 bridgehead atoms. The molecule has 18 heavy (non-hydrogen) atoms. The van der Waals surface area contributed by atoms with E-state index in [1.165, 1.54) is 11.3 Å². The van der Waals surface area contributed by atoms with Gasteiger partial charge in [0.25, 0.3) is 0 Å². The molecule has 0 saturated heterocycles. The maximum absolute atomic E-state index is 4.37. The molecule has 4 nitrogen and oxygen atoms in total. The number of nitrogens with one attached hydrogen (secondary N) is 1. The molecule has 0 amide bonds. The van der Waals surface area contributed by atoms with E-state index in [9.17, 15) is 0 Å². The van der Waals surface area contributed by atoms with Gasteiger partial charge in [0.05, 0.1) is 17.2 Å². The summed E-state index contributed by atoms with van der Waals surface area (Å²) in [6.45, 7) is 6.21. The van der Waals surface area contributed by atoms with Crippen LogP contribution in [0.25, 0.3) is 0 Å². The molecule has 0 aliphatic heterocycles. The van der Waals surface area contributed by atoms with Crippen LogP contribution in [-0.4, -0.2) is 21.3 Å². The lowest BCUT2D eigenvalue weighted by atomic mass is 10.1. The van der Waals surface area contributed by atoms with E-state index in [1.807, 2.05) is 17.1 Å². The van der Waals surface area contributed by atoms with Gasteiger partial charge < -0.3 is 5.32 Å². The summed E-state index contributed by atoms with van der Waals surface area (Å²) >= 11 is 5.08. The molecule has 0 aliphatic rings. The number of rotatable bonds is 6. The van der Waals surface area contributed by atoms with Crippen molar-refractivity contribution in [2.75, 3.05) is 11.9 Å². The summed E-state index contributed by atoms with van der Waals surface area (Å²) in [4.78, 5) is 5.58. The average Bonchev–Trinajstić information content (AvgIpc) is 2.89. The predicted octanol–water partition coefficient (Wildman–Crippen LogP) is 3.61. The van der Waals surface area contributed by atoms with Gasteiger partial charge in [-0.25, -0.2) is 4.98 Å². The molecule has 6 heteroatoms. The van der Waals surface area contributed by atoms with Crippen molar-refractivity contribution in [3.05, 3.63) is 27.9 Å². The van der Waals surface area contributed by atoms with Gasteiger partial charge >= 0.3 is 0 Å². The average molecular weight is 329 g/mol. The number of halogens is 1. The van der Waals surface area contributed by atoms with Crippen molar-refractivity contribution in [2.24, 2.45) is 5.92 Å². The molecule has 1 N–H and O–H groups in total. The minimum atomic E-state index is 0.721. The molecule has 0 aliphatic carbocycles. The van der Waals surface area contributed by atoms with Crippen molar-refractivity contribution in [3.8, 4) is 0 Å². The lowest BCUT2D eigenvalue weighted by molar-refractivity contribution is 0.607. The van der Waals surface area contributed by atoms with Crippen LogP contribution in [0.4, 0.5) is 5.13 Å². The maximum atomic E-state index is 4.37. The number of thiazole rings is 1. The Morgan fingerprint density at radius 2 is 2.28 bits per heavy atom. The Hall–Kier alpha value is -0.880. The second-order valence-electron chi connectivity index (χ2n) is 4.60. The van der Waals surface area contributed by atoms with Crippen molar-refractivity contribution in [1.82, 2.24) is 14.8 Å². The molecule has 0 atom stereocenters. The van der Waals surface area contributed by atoms with Crippen molar-refractivity contribution in [2.45, 2.75) is 26.8 Å². The third-order valence-electron chi connectivity index (χ3n) is 2.47. The summed E-state index contributed by atoms with van der Waals surface area (Å²) in [7, 11) is 0. The van der Waals surface area contributed by atoms with E-state index < -0.39 is 0 Å². The van der Waals surface area contributed by atoms with E-state index >= 15 is 0 Å².